The molecule has 0 fully saturated rings. The van der Waals surface area contributed by atoms with Crippen LogP contribution in [0.5, 0.6) is 0 Å². The molecular formula is C13H15BrClFN2OS. The molecule has 0 bridgehead atoms. The molecule has 2 rings (SSSR count). The van der Waals surface area contributed by atoms with Crippen LogP contribution in [-0.4, -0.2) is 31.6 Å². The van der Waals surface area contributed by atoms with Gasteiger partial charge in [-0.1, -0.05) is 0 Å². The van der Waals surface area contributed by atoms with Crippen molar-refractivity contribution in [1.29, 1.82) is 0 Å². The van der Waals surface area contributed by atoms with Gasteiger partial charge in [0.1, 0.15) is 11.6 Å². The van der Waals surface area contributed by atoms with Gasteiger partial charge in [0, 0.05) is 47.2 Å². The highest BCUT2D eigenvalue weighted by molar-refractivity contribution is 9.10. The van der Waals surface area contributed by atoms with E-state index in [1.54, 1.807) is 12.3 Å². The number of rotatable bonds is 5. The van der Waals surface area contributed by atoms with E-state index in [0.29, 0.717) is 33.6 Å². The average Bonchev–Trinajstić information content (AvgIpc) is 2.67. The van der Waals surface area contributed by atoms with Crippen LogP contribution in [0.25, 0.3) is 11.0 Å². The number of hydrogen-bond acceptors (Lipinski definition) is 2. The smallest absolute Gasteiger partial charge is 0.139 e. The van der Waals surface area contributed by atoms with Gasteiger partial charge in [0.15, 0.2) is 0 Å². The lowest BCUT2D eigenvalue weighted by atomic mass is 10.2. The first-order valence-corrected chi connectivity index (χ1v) is 9.21. The Morgan fingerprint density at radius 3 is 2.85 bits per heavy atom. The fraction of sp³-hybridized carbons (Fsp3) is 0.462. The second-order valence-corrected chi connectivity index (χ2v) is 7.39. The minimum Gasteiger partial charge on any atom is -0.324 e. The van der Waals surface area contributed by atoms with E-state index in [4.69, 9.17) is 11.6 Å². The molecule has 0 aliphatic carbocycles. The van der Waals surface area contributed by atoms with Gasteiger partial charge in [0.2, 0.25) is 0 Å². The molecule has 0 N–H and O–H groups in total. The van der Waals surface area contributed by atoms with Crippen LogP contribution >= 0.6 is 27.5 Å². The molecule has 20 heavy (non-hydrogen) atoms. The maximum atomic E-state index is 13.8. The lowest BCUT2D eigenvalue weighted by Crippen LogP contribution is -2.16. The number of nitrogens with zero attached hydrogens (tertiary/aromatic N) is 2. The Hall–Kier alpha value is -0.460. The van der Waals surface area contributed by atoms with E-state index >= 15 is 0 Å². The molecule has 1 aromatic heterocycles. The topological polar surface area (TPSA) is 34.9 Å². The van der Waals surface area contributed by atoms with Crippen LogP contribution in [0, 0.1) is 5.82 Å². The number of fused-ring (bicyclic) bond motifs is 1. The fourth-order valence-electron chi connectivity index (χ4n) is 2.31. The molecule has 0 aliphatic rings. The molecule has 1 heterocycles. The summed E-state index contributed by atoms with van der Waals surface area (Å²) in [5, 5.41) is 0. The van der Waals surface area contributed by atoms with Crippen molar-refractivity contribution >= 4 is 49.4 Å². The number of aromatic nitrogens is 2. The third-order valence-electron chi connectivity index (χ3n) is 3.04. The fourth-order valence-corrected chi connectivity index (χ4v) is 3.64. The van der Waals surface area contributed by atoms with Crippen LogP contribution in [0.15, 0.2) is 16.6 Å². The van der Waals surface area contributed by atoms with E-state index in [0.717, 1.165) is 5.82 Å². The van der Waals surface area contributed by atoms with Gasteiger partial charge in [-0.05, 0) is 28.9 Å². The summed E-state index contributed by atoms with van der Waals surface area (Å²) in [6.07, 6.45) is 2.25. The Kier molecular flexibility index (Phi) is 5.20. The van der Waals surface area contributed by atoms with Gasteiger partial charge >= 0.3 is 0 Å². The Morgan fingerprint density at radius 2 is 2.25 bits per heavy atom. The van der Waals surface area contributed by atoms with E-state index in [2.05, 4.69) is 20.9 Å². The van der Waals surface area contributed by atoms with Crippen LogP contribution < -0.4 is 0 Å². The molecule has 7 heteroatoms. The number of hydrogen-bond donors (Lipinski definition) is 0. The second kappa shape index (κ2) is 6.54. The van der Waals surface area contributed by atoms with Crippen LogP contribution in [0.2, 0.25) is 0 Å². The molecule has 110 valence electrons. The quantitative estimate of drug-likeness (QED) is 0.741. The van der Waals surface area contributed by atoms with Gasteiger partial charge in [-0.25, -0.2) is 9.37 Å². The van der Waals surface area contributed by atoms with Gasteiger partial charge in [0.05, 0.1) is 15.5 Å². The molecule has 1 aromatic carbocycles. The summed E-state index contributed by atoms with van der Waals surface area (Å²) in [7, 11) is -0.930. The number of halogens is 3. The van der Waals surface area contributed by atoms with E-state index in [1.165, 1.54) is 6.07 Å². The SMILES string of the molecule is CC(CS(C)=O)n1c(CCCl)nc2cc(Br)c(F)cc21. The van der Waals surface area contributed by atoms with Gasteiger partial charge in [-0.15, -0.1) is 11.6 Å². The first-order valence-electron chi connectivity index (χ1n) is 6.16. The highest BCUT2D eigenvalue weighted by Crippen LogP contribution is 2.27. The molecule has 2 atom stereocenters. The van der Waals surface area contributed by atoms with Crippen molar-refractivity contribution in [3.05, 3.63) is 28.2 Å². The Labute approximate surface area is 133 Å². The molecule has 0 amide bonds. The molecule has 0 saturated heterocycles. The molecular weight excluding hydrogens is 367 g/mol. The summed E-state index contributed by atoms with van der Waals surface area (Å²) >= 11 is 8.98. The maximum Gasteiger partial charge on any atom is 0.139 e. The zero-order valence-corrected chi connectivity index (χ0v) is 14.4. The van der Waals surface area contributed by atoms with E-state index in [1.807, 2.05) is 11.5 Å². The molecule has 0 spiro atoms. The number of alkyl halides is 1. The van der Waals surface area contributed by atoms with Crippen molar-refractivity contribution in [2.75, 3.05) is 17.9 Å². The summed E-state index contributed by atoms with van der Waals surface area (Å²) in [5.41, 5.74) is 1.43. The number of aryl methyl sites for hydroxylation is 1. The lowest BCUT2D eigenvalue weighted by molar-refractivity contribution is 0.583. The molecule has 2 unspecified atom stereocenters. The molecule has 0 radical (unpaired) electrons. The predicted molar refractivity (Wildman–Crippen MR) is 85.5 cm³/mol. The third kappa shape index (κ3) is 3.23. The summed E-state index contributed by atoms with van der Waals surface area (Å²) in [4.78, 5) is 4.52. The highest BCUT2D eigenvalue weighted by Gasteiger charge is 2.18. The summed E-state index contributed by atoms with van der Waals surface area (Å²) in [6, 6.07) is 3.10. The first-order chi connectivity index (χ1) is 9.43. The van der Waals surface area contributed by atoms with Crippen LogP contribution in [0.1, 0.15) is 18.8 Å². The number of benzene rings is 1. The van der Waals surface area contributed by atoms with E-state index in [9.17, 15) is 8.60 Å². The summed E-state index contributed by atoms with van der Waals surface area (Å²) in [6.45, 7) is 1.96. The van der Waals surface area contributed by atoms with E-state index in [-0.39, 0.29) is 11.9 Å². The summed E-state index contributed by atoms with van der Waals surface area (Å²) in [5.74, 6) is 1.40. The standard InChI is InChI=1S/C13H15BrClFN2OS/c1-8(7-20(2)19)18-12-6-10(16)9(14)5-11(12)17-13(18)3-4-15/h5-6,8H,3-4,7H2,1-2H3. The van der Waals surface area contributed by atoms with Crippen molar-refractivity contribution in [3.8, 4) is 0 Å². The second-order valence-electron chi connectivity index (χ2n) is 4.68. The molecule has 0 saturated carbocycles. The lowest BCUT2D eigenvalue weighted by Gasteiger charge is -2.16. The van der Waals surface area contributed by atoms with E-state index < -0.39 is 10.8 Å². The minimum atomic E-state index is -0.930. The average molecular weight is 382 g/mol. The maximum absolute atomic E-state index is 13.8. The van der Waals surface area contributed by atoms with Crippen LogP contribution in [0.3, 0.4) is 0 Å². The normalized spacial score (nSPS) is 14.7. The number of imidazole rings is 1. The first kappa shape index (κ1) is 15.9. The minimum absolute atomic E-state index is 0.0235. The summed E-state index contributed by atoms with van der Waals surface area (Å²) < 4.78 is 27.5. The van der Waals surface area contributed by atoms with Crippen LogP contribution in [-0.2, 0) is 17.2 Å². The van der Waals surface area contributed by atoms with Gasteiger partial charge in [0.25, 0.3) is 0 Å². The predicted octanol–water partition coefficient (Wildman–Crippen LogP) is 3.66. The highest BCUT2D eigenvalue weighted by atomic mass is 79.9. The van der Waals surface area contributed by atoms with Crippen molar-refractivity contribution < 1.29 is 8.60 Å². The Morgan fingerprint density at radius 1 is 1.55 bits per heavy atom. The van der Waals surface area contributed by atoms with Crippen molar-refractivity contribution in [3.63, 3.8) is 0 Å². The monoisotopic (exact) mass is 380 g/mol. The van der Waals surface area contributed by atoms with Gasteiger partial charge in [-0.2, -0.15) is 0 Å². The van der Waals surface area contributed by atoms with Crippen molar-refractivity contribution in [2.45, 2.75) is 19.4 Å². The van der Waals surface area contributed by atoms with Crippen LogP contribution in [0.4, 0.5) is 4.39 Å². The van der Waals surface area contributed by atoms with Gasteiger partial charge < -0.3 is 4.57 Å². The third-order valence-corrected chi connectivity index (χ3v) is 4.79. The molecule has 2 aromatic rings. The molecule has 3 nitrogen and oxygen atoms in total. The Balaban J connectivity index is 2.61. The van der Waals surface area contributed by atoms with Crippen molar-refractivity contribution in [2.24, 2.45) is 0 Å². The largest absolute Gasteiger partial charge is 0.324 e. The van der Waals surface area contributed by atoms with Gasteiger partial charge in [-0.3, -0.25) is 4.21 Å². The Bertz CT molecular complexity index is 661. The zero-order chi connectivity index (χ0) is 14.9. The van der Waals surface area contributed by atoms with Crippen molar-refractivity contribution in [1.82, 2.24) is 9.55 Å². The molecule has 0 aliphatic heterocycles. The zero-order valence-electron chi connectivity index (χ0n) is 11.2.